The number of carbonyl (C=O) groups is 1. The Morgan fingerprint density at radius 1 is 1.04 bits per heavy atom. The molecule has 2 aromatic carbocycles. The molecular formula is C20H22N4O3S. The van der Waals surface area contributed by atoms with Crippen molar-refractivity contribution in [2.24, 2.45) is 0 Å². The lowest BCUT2D eigenvalue weighted by Crippen LogP contribution is -2.14. The smallest absolute Gasteiger partial charge is 0.276 e. The van der Waals surface area contributed by atoms with E-state index in [1.54, 1.807) is 54.6 Å². The zero-order chi connectivity index (χ0) is 20.1. The minimum atomic E-state index is -3.66. The van der Waals surface area contributed by atoms with Crippen molar-refractivity contribution in [3.8, 4) is 0 Å². The van der Waals surface area contributed by atoms with Gasteiger partial charge in [0.05, 0.1) is 4.90 Å². The Morgan fingerprint density at radius 3 is 2.32 bits per heavy atom. The number of H-pyrrole nitrogens is 1. The largest absolute Gasteiger partial charge is 0.321 e. The molecule has 8 heteroatoms. The fourth-order valence-electron chi connectivity index (χ4n) is 2.62. The van der Waals surface area contributed by atoms with Gasteiger partial charge in [-0.1, -0.05) is 31.0 Å². The van der Waals surface area contributed by atoms with Crippen LogP contribution in [0.25, 0.3) is 0 Å². The lowest BCUT2D eigenvalue weighted by molar-refractivity contribution is 0.102. The van der Waals surface area contributed by atoms with Crippen molar-refractivity contribution in [3.05, 3.63) is 71.5 Å². The molecule has 0 spiro atoms. The maximum absolute atomic E-state index is 12.4. The molecule has 0 fully saturated rings. The van der Waals surface area contributed by atoms with E-state index < -0.39 is 10.0 Å². The number of aryl methyl sites for hydroxylation is 2. The van der Waals surface area contributed by atoms with Gasteiger partial charge in [-0.15, -0.1) is 0 Å². The zero-order valence-electron chi connectivity index (χ0n) is 15.7. The van der Waals surface area contributed by atoms with E-state index in [2.05, 4.69) is 27.2 Å². The second-order valence-corrected chi connectivity index (χ2v) is 8.16. The Labute approximate surface area is 164 Å². The molecule has 0 saturated heterocycles. The van der Waals surface area contributed by atoms with Crippen LogP contribution in [0, 0.1) is 6.92 Å². The number of sulfonamides is 1. The number of carbonyl (C=O) groups excluding carboxylic acids is 1. The predicted molar refractivity (Wildman–Crippen MR) is 109 cm³/mol. The molecule has 3 aromatic rings. The van der Waals surface area contributed by atoms with Gasteiger partial charge in [0, 0.05) is 17.1 Å². The van der Waals surface area contributed by atoms with E-state index >= 15 is 0 Å². The summed E-state index contributed by atoms with van der Waals surface area (Å²) < 4.78 is 27.4. The Morgan fingerprint density at radius 2 is 1.68 bits per heavy atom. The van der Waals surface area contributed by atoms with Gasteiger partial charge in [-0.25, -0.2) is 8.42 Å². The molecule has 28 heavy (non-hydrogen) atoms. The van der Waals surface area contributed by atoms with Gasteiger partial charge in [0.2, 0.25) is 0 Å². The minimum Gasteiger partial charge on any atom is -0.321 e. The quantitative estimate of drug-likeness (QED) is 0.564. The minimum absolute atomic E-state index is 0.192. The lowest BCUT2D eigenvalue weighted by atomic mass is 10.2. The average Bonchev–Trinajstić information content (AvgIpc) is 3.13. The second kappa shape index (κ2) is 8.26. The highest BCUT2D eigenvalue weighted by Crippen LogP contribution is 2.19. The Kier molecular flexibility index (Phi) is 5.79. The Bertz CT molecular complexity index is 1060. The topological polar surface area (TPSA) is 104 Å². The molecule has 146 valence electrons. The van der Waals surface area contributed by atoms with Gasteiger partial charge >= 0.3 is 0 Å². The van der Waals surface area contributed by atoms with E-state index in [1.807, 2.05) is 6.92 Å². The van der Waals surface area contributed by atoms with E-state index in [1.165, 1.54) is 0 Å². The van der Waals surface area contributed by atoms with Crippen molar-refractivity contribution in [2.75, 3.05) is 10.0 Å². The molecule has 0 saturated carbocycles. The van der Waals surface area contributed by atoms with E-state index in [9.17, 15) is 13.2 Å². The van der Waals surface area contributed by atoms with Crippen molar-refractivity contribution >= 4 is 27.3 Å². The molecule has 0 atom stereocenters. The number of benzene rings is 2. The summed E-state index contributed by atoms with van der Waals surface area (Å²) in [5, 5.41) is 9.59. The van der Waals surface area contributed by atoms with Crippen molar-refractivity contribution in [2.45, 2.75) is 31.6 Å². The number of nitrogens with one attached hydrogen (secondary N) is 3. The summed E-state index contributed by atoms with van der Waals surface area (Å²) in [6.07, 6.45) is 1.79. The van der Waals surface area contributed by atoms with Gasteiger partial charge in [0.25, 0.3) is 15.9 Å². The number of aromatic amines is 1. The third-order valence-corrected chi connectivity index (χ3v) is 5.51. The standard InChI is InChI=1S/C20H22N4O3S/c1-3-4-17-13-19(23-22-17)20(25)21-15-7-9-16(10-8-15)24-28(26,27)18-11-5-14(2)6-12-18/h5-13,24H,3-4H2,1-2H3,(H,21,25)(H,22,23). The molecule has 0 bridgehead atoms. The summed E-state index contributed by atoms with van der Waals surface area (Å²) >= 11 is 0. The number of aromatic nitrogens is 2. The van der Waals surface area contributed by atoms with Crippen molar-refractivity contribution < 1.29 is 13.2 Å². The molecule has 3 N–H and O–H groups in total. The van der Waals surface area contributed by atoms with Gasteiger partial charge in [-0.05, 0) is 55.8 Å². The first kappa shape index (κ1) is 19.6. The normalized spacial score (nSPS) is 11.2. The molecule has 1 amide bonds. The van der Waals surface area contributed by atoms with Crippen LogP contribution in [0.2, 0.25) is 0 Å². The maximum Gasteiger partial charge on any atom is 0.276 e. The molecular weight excluding hydrogens is 376 g/mol. The number of rotatable bonds is 7. The fraction of sp³-hybridized carbons (Fsp3) is 0.200. The Balaban J connectivity index is 1.65. The summed E-state index contributed by atoms with van der Waals surface area (Å²) in [5.41, 5.74) is 3.16. The molecule has 1 aromatic heterocycles. The first-order valence-corrected chi connectivity index (χ1v) is 10.4. The predicted octanol–water partition coefficient (Wildman–Crippen LogP) is 3.72. The van der Waals surface area contributed by atoms with E-state index in [0.717, 1.165) is 24.1 Å². The third-order valence-electron chi connectivity index (χ3n) is 4.11. The molecule has 7 nitrogen and oxygen atoms in total. The summed E-state index contributed by atoms with van der Waals surface area (Å²) in [6, 6.07) is 14.8. The lowest BCUT2D eigenvalue weighted by Gasteiger charge is -2.09. The van der Waals surface area contributed by atoms with E-state index in [-0.39, 0.29) is 10.8 Å². The average molecular weight is 398 g/mol. The van der Waals surface area contributed by atoms with Crippen LogP contribution in [0.15, 0.2) is 59.5 Å². The maximum atomic E-state index is 12.4. The molecule has 0 aliphatic rings. The van der Waals surface area contributed by atoms with Crippen LogP contribution in [-0.2, 0) is 16.4 Å². The molecule has 0 aliphatic carbocycles. The fourth-order valence-corrected chi connectivity index (χ4v) is 3.68. The van der Waals surface area contributed by atoms with Gasteiger partial charge in [-0.3, -0.25) is 14.6 Å². The number of hydrogen-bond donors (Lipinski definition) is 3. The highest BCUT2D eigenvalue weighted by molar-refractivity contribution is 7.92. The van der Waals surface area contributed by atoms with Gasteiger partial charge in [0.15, 0.2) is 5.69 Å². The summed E-state index contributed by atoms with van der Waals surface area (Å²) in [6.45, 7) is 3.94. The first-order chi connectivity index (χ1) is 13.4. The molecule has 0 aliphatic heterocycles. The molecule has 0 radical (unpaired) electrons. The van der Waals surface area contributed by atoms with Crippen LogP contribution < -0.4 is 10.0 Å². The number of hydrogen-bond acceptors (Lipinski definition) is 4. The van der Waals surface area contributed by atoms with Crippen LogP contribution in [0.1, 0.15) is 35.1 Å². The van der Waals surface area contributed by atoms with Crippen molar-refractivity contribution in [3.63, 3.8) is 0 Å². The highest BCUT2D eigenvalue weighted by Gasteiger charge is 2.14. The van der Waals surface area contributed by atoms with Crippen molar-refractivity contribution in [1.82, 2.24) is 10.2 Å². The first-order valence-electron chi connectivity index (χ1n) is 8.92. The van der Waals surface area contributed by atoms with Crippen LogP contribution in [0.3, 0.4) is 0 Å². The van der Waals surface area contributed by atoms with Crippen LogP contribution in [0.4, 0.5) is 11.4 Å². The zero-order valence-corrected chi connectivity index (χ0v) is 16.5. The van der Waals surface area contributed by atoms with Crippen LogP contribution >= 0.6 is 0 Å². The van der Waals surface area contributed by atoms with Gasteiger partial charge < -0.3 is 5.32 Å². The SMILES string of the molecule is CCCc1cc(C(=O)Nc2ccc(NS(=O)(=O)c3ccc(C)cc3)cc2)n[nH]1. The summed E-state index contributed by atoms with van der Waals surface area (Å²) in [4.78, 5) is 12.4. The molecule has 3 rings (SSSR count). The van der Waals surface area contributed by atoms with E-state index in [4.69, 9.17) is 0 Å². The van der Waals surface area contributed by atoms with Crippen LogP contribution in [-0.4, -0.2) is 24.5 Å². The highest BCUT2D eigenvalue weighted by atomic mass is 32.2. The van der Waals surface area contributed by atoms with E-state index in [0.29, 0.717) is 17.1 Å². The molecule has 1 heterocycles. The third kappa shape index (κ3) is 4.77. The number of nitrogens with zero attached hydrogens (tertiary/aromatic N) is 1. The van der Waals surface area contributed by atoms with Gasteiger partial charge in [0.1, 0.15) is 0 Å². The summed E-state index contributed by atoms with van der Waals surface area (Å²) in [7, 11) is -3.66. The molecule has 0 unspecified atom stereocenters. The van der Waals surface area contributed by atoms with Gasteiger partial charge in [-0.2, -0.15) is 5.10 Å². The number of anilines is 2. The second-order valence-electron chi connectivity index (χ2n) is 6.48. The summed E-state index contributed by atoms with van der Waals surface area (Å²) in [5.74, 6) is -0.327. The number of amides is 1. The monoisotopic (exact) mass is 398 g/mol. The van der Waals surface area contributed by atoms with Crippen molar-refractivity contribution in [1.29, 1.82) is 0 Å². The van der Waals surface area contributed by atoms with Crippen LogP contribution in [0.5, 0.6) is 0 Å². The Hall–Kier alpha value is -3.13.